The van der Waals surface area contributed by atoms with Gasteiger partial charge in [-0.1, -0.05) is 11.6 Å². The first kappa shape index (κ1) is 9.86. The molecule has 0 spiro atoms. The first-order valence-electron chi connectivity index (χ1n) is 6.35. The molecule has 0 unspecified atom stereocenters. The molecule has 84 valence electrons. The second-order valence-electron chi connectivity index (χ2n) is 5.53. The summed E-state index contributed by atoms with van der Waals surface area (Å²) in [5, 5.41) is 3.60. The van der Waals surface area contributed by atoms with E-state index >= 15 is 0 Å². The molecule has 2 bridgehead atoms. The highest BCUT2D eigenvalue weighted by molar-refractivity contribution is 5.15. The number of rotatable bonds is 2. The van der Waals surface area contributed by atoms with Crippen molar-refractivity contribution in [3.05, 3.63) is 11.6 Å². The maximum atomic E-state index is 5.47. The van der Waals surface area contributed by atoms with Crippen LogP contribution >= 0.6 is 0 Å². The largest absolute Gasteiger partial charge is 0.381 e. The Bertz CT molecular complexity index is 260. The third-order valence-electron chi connectivity index (χ3n) is 4.21. The van der Waals surface area contributed by atoms with Gasteiger partial charge in [0.2, 0.25) is 0 Å². The minimum absolute atomic E-state index is 0.663. The molecule has 4 rings (SSSR count). The van der Waals surface area contributed by atoms with Gasteiger partial charge in [0, 0.05) is 19.2 Å². The lowest BCUT2D eigenvalue weighted by molar-refractivity contribution is 0.130. The number of ether oxygens (including phenoxy) is 1. The molecule has 15 heavy (non-hydrogen) atoms. The van der Waals surface area contributed by atoms with E-state index in [0.717, 1.165) is 25.7 Å². The SMILES string of the molecule is C1=C(CC23CNC(C2)C3)CCCOCC1. The molecule has 3 aliphatic heterocycles. The Hall–Kier alpha value is -0.340. The third kappa shape index (κ3) is 1.98. The van der Waals surface area contributed by atoms with Gasteiger partial charge in [-0.2, -0.15) is 0 Å². The molecular weight excluding hydrogens is 186 g/mol. The summed E-state index contributed by atoms with van der Waals surface area (Å²) in [6.45, 7) is 3.16. The van der Waals surface area contributed by atoms with Gasteiger partial charge in [0.1, 0.15) is 0 Å². The summed E-state index contributed by atoms with van der Waals surface area (Å²) in [6.07, 6.45) is 10.3. The lowest BCUT2D eigenvalue weighted by atomic mass is 9.66. The van der Waals surface area contributed by atoms with Crippen LogP contribution in [0.25, 0.3) is 0 Å². The van der Waals surface area contributed by atoms with E-state index in [0.29, 0.717) is 5.41 Å². The molecule has 3 heterocycles. The summed E-state index contributed by atoms with van der Waals surface area (Å²) in [5.41, 5.74) is 2.37. The Morgan fingerprint density at radius 3 is 3.13 bits per heavy atom. The molecule has 1 saturated carbocycles. The van der Waals surface area contributed by atoms with Crippen LogP contribution in [0.2, 0.25) is 0 Å². The molecule has 0 atom stereocenters. The average Bonchev–Trinajstić information content (AvgIpc) is 2.68. The van der Waals surface area contributed by atoms with Crippen LogP contribution in [0.15, 0.2) is 11.6 Å². The van der Waals surface area contributed by atoms with Crippen LogP contribution in [0.5, 0.6) is 0 Å². The average molecular weight is 207 g/mol. The maximum absolute atomic E-state index is 5.47. The standard InChI is InChI=1S/C13H21NO/c1-3-11(4-2-6-15-5-1)7-13-8-12(9-13)14-10-13/h3,12,14H,1-2,4-10H2. The van der Waals surface area contributed by atoms with E-state index in [1.54, 1.807) is 5.57 Å². The van der Waals surface area contributed by atoms with Crippen LogP contribution in [0.3, 0.4) is 0 Å². The normalized spacial score (nSPS) is 40.3. The van der Waals surface area contributed by atoms with Crippen molar-refractivity contribution in [2.45, 2.75) is 44.6 Å². The van der Waals surface area contributed by atoms with Gasteiger partial charge >= 0.3 is 0 Å². The minimum Gasteiger partial charge on any atom is -0.381 e. The van der Waals surface area contributed by atoms with Crippen molar-refractivity contribution in [3.8, 4) is 0 Å². The molecule has 2 heteroatoms. The fraction of sp³-hybridized carbons (Fsp3) is 0.846. The van der Waals surface area contributed by atoms with E-state index in [4.69, 9.17) is 4.74 Å². The highest BCUT2D eigenvalue weighted by Gasteiger charge is 2.49. The molecule has 0 aromatic rings. The number of allylic oxidation sites excluding steroid dienone is 1. The van der Waals surface area contributed by atoms with Crippen molar-refractivity contribution in [1.82, 2.24) is 5.32 Å². The van der Waals surface area contributed by atoms with Gasteiger partial charge in [-0.25, -0.2) is 0 Å². The monoisotopic (exact) mass is 207 g/mol. The second kappa shape index (κ2) is 3.91. The Balaban J connectivity index is 1.61. The van der Waals surface area contributed by atoms with Crippen LogP contribution in [0.4, 0.5) is 0 Å². The Labute approximate surface area is 92.1 Å². The van der Waals surface area contributed by atoms with Crippen LogP contribution in [-0.2, 0) is 4.74 Å². The van der Waals surface area contributed by atoms with Crippen molar-refractivity contribution in [2.24, 2.45) is 5.41 Å². The second-order valence-corrected chi connectivity index (χ2v) is 5.53. The van der Waals surface area contributed by atoms with E-state index in [1.807, 2.05) is 0 Å². The van der Waals surface area contributed by atoms with Crippen molar-refractivity contribution >= 4 is 0 Å². The van der Waals surface area contributed by atoms with Crippen molar-refractivity contribution in [3.63, 3.8) is 0 Å². The van der Waals surface area contributed by atoms with Crippen LogP contribution in [-0.4, -0.2) is 25.8 Å². The van der Waals surface area contributed by atoms with E-state index in [9.17, 15) is 0 Å². The number of nitrogens with one attached hydrogen (secondary N) is 1. The van der Waals surface area contributed by atoms with Gasteiger partial charge in [-0.15, -0.1) is 0 Å². The zero-order valence-electron chi connectivity index (χ0n) is 9.43. The van der Waals surface area contributed by atoms with Crippen molar-refractivity contribution in [2.75, 3.05) is 19.8 Å². The molecule has 0 aromatic heterocycles. The Morgan fingerprint density at radius 1 is 1.40 bits per heavy atom. The molecule has 2 saturated heterocycles. The van der Waals surface area contributed by atoms with Gasteiger partial charge in [0.25, 0.3) is 0 Å². The molecule has 2 nitrogen and oxygen atoms in total. The zero-order chi connectivity index (χ0) is 10.1. The van der Waals surface area contributed by atoms with E-state index in [2.05, 4.69) is 11.4 Å². The number of fused-ring (bicyclic) bond motifs is 1. The highest BCUT2D eigenvalue weighted by Crippen LogP contribution is 2.50. The van der Waals surface area contributed by atoms with Crippen LogP contribution in [0, 0.1) is 5.41 Å². The first-order chi connectivity index (χ1) is 7.36. The summed E-state index contributed by atoms with van der Waals surface area (Å²) in [7, 11) is 0. The number of hydrogen-bond donors (Lipinski definition) is 1. The Kier molecular flexibility index (Phi) is 2.57. The van der Waals surface area contributed by atoms with Crippen LogP contribution in [0.1, 0.15) is 38.5 Å². The lowest BCUT2D eigenvalue weighted by Crippen LogP contribution is -2.34. The van der Waals surface area contributed by atoms with Gasteiger partial charge in [-0.05, 0) is 43.9 Å². The topological polar surface area (TPSA) is 21.3 Å². The fourth-order valence-corrected chi connectivity index (χ4v) is 3.44. The van der Waals surface area contributed by atoms with E-state index in [-0.39, 0.29) is 0 Å². The molecule has 3 fully saturated rings. The van der Waals surface area contributed by atoms with Crippen molar-refractivity contribution in [1.29, 1.82) is 0 Å². The van der Waals surface area contributed by atoms with E-state index < -0.39 is 0 Å². The van der Waals surface area contributed by atoms with Gasteiger partial charge in [0.05, 0.1) is 6.61 Å². The Morgan fingerprint density at radius 2 is 2.33 bits per heavy atom. The molecular formula is C13H21NO. The lowest BCUT2D eigenvalue weighted by Gasteiger charge is -2.38. The predicted molar refractivity (Wildman–Crippen MR) is 60.8 cm³/mol. The van der Waals surface area contributed by atoms with Gasteiger partial charge in [-0.3, -0.25) is 0 Å². The third-order valence-corrected chi connectivity index (χ3v) is 4.21. The minimum atomic E-state index is 0.663. The predicted octanol–water partition coefficient (Wildman–Crippen LogP) is 2.26. The first-order valence-corrected chi connectivity index (χ1v) is 6.35. The molecule has 0 radical (unpaired) electrons. The smallest absolute Gasteiger partial charge is 0.0500 e. The molecule has 1 aliphatic carbocycles. The van der Waals surface area contributed by atoms with Crippen molar-refractivity contribution < 1.29 is 4.74 Å². The molecule has 1 N–H and O–H groups in total. The molecule has 4 aliphatic rings. The molecule has 0 amide bonds. The summed E-state index contributed by atoms with van der Waals surface area (Å²) >= 11 is 0. The summed E-state index contributed by atoms with van der Waals surface area (Å²) in [4.78, 5) is 0. The summed E-state index contributed by atoms with van der Waals surface area (Å²) in [5.74, 6) is 0. The number of hydrogen-bond acceptors (Lipinski definition) is 2. The quantitative estimate of drug-likeness (QED) is 0.701. The molecule has 0 aromatic carbocycles. The van der Waals surface area contributed by atoms with E-state index in [1.165, 1.54) is 38.6 Å². The fourth-order valence-electron chi connectivity index (χ4n) is 3.44. The zero-order valence-corrected chi connectivity index (χ0v) is 9.43. The van der Waals surface area contributed by atoms with Crippen LogP contribution < -0.4 is 5.32 Å². The van der Waals surface area contributed by atoms with Gasteiger partial charge in [0.15, 0.2) is 0 Å². The highest BCUT2D eigenvalue weighted by atomic mass is 16.5. The maximum Gasteiger partial charge on any atom is 0.0500 e. The summed E-state index contributed by atoms with van der Waals surface area (Å²) in [6, 6.07) is 0.863. The van der Waals surface area contributed by atoms with Gasteiger partial charge < -0.3 is 10.1 Å². The summed E-state index contributed by atoms with van der Waals surface area (Å²) < 4.78 is 5.47.